The van der Waals surface area contributed by atoms with Crippen molar-refractivity contribution in [3.63, 3.8) is 0 Å². The molecular weight excluding hydrogens is 216 g/mol. The smallest absolute Gasteiger partial charge is 0.193 e. The summed E-state index contributed by atoms with van der Waals surface area (Å²) in [5.41, 5.74) is 7.79. The number of rotatable bonds is 4. The van der Waals surface area contributed by atoms with E-state index in [9.17, 15) is 0 Å². The standard InChI is InChI=1S/C11H16N6/c1-16(8-11-13-15-17(2)14-11)10-5-3-9(7-12)4-6-10/h3-6H,7-8,12H2,1-2H3. The van der Waals surface area contributed by atoms with E-state index in [1.54, 1.807) is 7.05 Å². The fraction of sp³-hybridized carbons (Fsp3) is 0.364. The zero-order valence-electron chi connectivity index (χ0n) is 10.0. The molecule has 90 valence electrons. The molecule has 1 heterocycles. The van der Waals surface area contributed by atoms with Crippen LogP contribution in [0.5, 0.6) is 0 Å². The number of aryl methyl sites for hydroxylation is 1. The number of hydrogen-bond acceptors (Lipinski definition) is 5. The zero-order valence-corrected chi connectivity index (χ0v) is 10.0. The molecule has 0 bridgehead atoms. The highest BCUT2D eigenvalue weighted by atomic mass is 15.6. The monoisotopic (exact) mass is 232 g/mol. The molecule has 6 heteroatoms. The Morgan fingerprint density at radius 2 is 2.00 bits per heavy atom. The lowest BCUT2D eigenvalue weighted by molar-refractivity contribution is 0.627. The molecule has 0 aliphatic heterocycles. The third kappa shape index (κ3) is 2.79. The number of aromatic nitrogens is 4. The quantitative estimate of drug-likeness (QED) is 0.821. The van der Waals surface area contributed by atoms with Gasteiger partial charge in [-0.3, -0.25) is 0 Å². The summed E-state index contributed by atoms with van der Waals surface area (Å²) in [5, 5.41) is 11.9. The van der Waals surface area contributed by atoms with Crippen LogP contribution in [-0.2, 0) is 20.1 Å². The molecule has 0 saturated heterocycles. The molecule has 2 N–H and O–H groups in total. The predicted octanol–water partition coefficient (Wildman–Crippen LogP) is 0.305. The molecule has 2 aromatic rings. The van der Waals surface area contributed by atoms with Crippen LogP contribution in [0.25, 0.3) is 0 Å². The van der Waals surface area contributed by atoms with Crippen LogP contribution in [0.1, 0.15) is 11.4 Å². The van der Waals surface area contributed by atoms with Gasteiger partial charge in [-0.05, 0) is 22.9 Å². The van der Waals surface area contributed by atoms with Crippen molar-refractivity contribution in [2.75, 3.05) is 11.9 Å². The van der Waals surface area contributed by atoms with Crippen LogP contribution in [0.4, 0.5) is 5.69 Å². The van der Waals surface area contributed by atoms with Crippen molar-refractivity contribution in [2.45, 2.75) is 13.1 Å². The summed E-state index contributed by atoms with van der Waals surface area (Å²) < 4.78 is 0. The first-order valence-electron chi connectivity index (χ1n) is 5.42. The summed E-state index contributed by atoms with van der Waals surface area (Å²) in [4.78, 5) is 3.53. The van der Waals surface area contributed by atoms with Gasteiger partial charge in [0.25, 0.3) is 0 Å². The number of anilines is 1. The van der Waals surface area contributed by atoms with Crippen LogP contribution in [0.2, 0.25) is 0 Å². The molecule has 0 aliphatic carbocycles. The highest BCUT2D eigenvalue weighted by Gasteiger charge is 2.06. The maximum absolute atomic E-state index is 5.56. The maximum atomic E-state index is 5.56. The Morgan fingerprint density at radius 3 is 2.53 bits per heavy atom. The molecule has 0 spiro atoms. The van der Waals surface area contributed by atoms with Crippen LogP contribution in [0.3, 0.4) is 0 Å². The molecule has 2 rings (SSSR count). The third-order valence-corrected chi connectivity index (χ3v) is 2.54. The Labute approximate surface area is 100 Å². The first-order chi connectivity index (χ1) is 8.19. The van der Waals surface area contributed by atoms with Gasteiger partial charge >= 0.3 is 0 Å². The highest BCUT2D eigenvalue weighted by molar-refractivity contribution is 5.46. The topological polar surface area (TPSA) is 72.9 Å². The molecule has 0 saturated carbocycles. The summed E-state index contributed by atoms with van der Waals surface area (Å²) in [6.07, 6.45) is 0. The van der Waals surface area contributed by atoms with Crippen molar-refractivity contribution >= 4 is 5.69 Å². The summed E-state index contributed by atoms with van der Waals surface area (Å²) in [6.45, 7) is 1.20. The minimum atomic E-state index is 0.565. The van der Waals surface area contributed by atoms with Crippen LogP contribution in [-0.4, -0.2) is 27.3 Å². The van der Waals surface area contributed by atoms with E-state index in [-0.39, 0.29) is 0 Å². The van der Waals surface area contributed by atoms with E-state index in [0.717, 1.165) is 11.3 Å². The van der Waals surface area contributed by atoms with Gasteiger partial charge < -0.3 is 10.6 Å². The Hall–Kier alpha value is -1.95. The van der Waals surface area contributed by atoms with E-state index in [0.29, 0.717) is 18.9 Å². The fourth-order valence-corrected chi connectivity index (χ4v) is 1.58. The van der Waals surface area contributed by atoms with Crippen molar-refractivity contribution in [1.29, 1.82) is 0 Å². The molecule has 0 fully saturated rings. The van der Waals surface area contributed by atoms with Crippen molar-refractivity contribution < 1.29 is 0 Å². The molecule has 17 heavy (non-hydrogen) atoms. The van der Waals surface area contributed by atoms with Gasteiger partial charge in [0.15, 0.2) is 5.82 Å². The van der Waals surface area contributed by atoms with E-state index in [1.807, 2.05) is 31.3 Å². The third-order valence-electron chi connectivity index (χ3n) is 2.54. The SMILES string of the molecule is CN(Cc1nnn(C)n1)c1ccc(CN)cc1. The minimum absolute atomic E-state index is 0.565. The molecule has 0 unspecified atom stereocenters. The second-order valence-electron chi connectivity index (χ2n) is 3.92. The first-order valence-corrected chi connectivity index (χ1v) is 5.42. The van der Waals surface area contributed by atoms with Gasteiger partial charge in [0, 0.05) is 19.3 Å². The molecule has 6 nitrogen and oxygen atoms in total. The Balaban J connectivity index is 2.06. The van der Waals surface area contributed by atoms with E-state index in [2.05, 4.69) is 20.3 Å². The van der Waals surface area contributed by atoms with Crippen LogP contribution in [0, 0.1) is 0 Å². The molecule has 1 aromatic carbocycles. The van der Waals surface area contributed by atoms with E-state index >= 15 is 0 Å². The molecule has 0 aliphatic rings. The van der Waals surface area contributed by atoms with E-state index in [1.165, 1.54) is 4.80 Å². The largest absolute Gasteiger partial charge is 0.367 e. The van der Waals surface area contributed by atoms with Gasteiger partial charge in [-0.2, -0.15) is 4.80 Å². The van der Waals surface area contributed by atoms with Gasteiger partial charge in [-0.1, -0.05) is 12.1 Å². The Kier molecular flexibility index (Phi) is 3.34. The lowest BCUT2D eigenvalue weighted by Crippen LogP contribution is -2.17. The summed E-state index contributed by atoms with van der Waals surface area (Å²) in [5.74, 6) is 0.706. The van der Waals surface area contributed by atoms with E-state index in [4.69, 9.17) is 5.73 Å². The van der Waals surface area contributed by atoms with Gasteiger partial charge in [-0.25, -0.2) is 0 Å². The van der Waals surface area contributed by atoms with Crippen molar-refractivity contribution in [2.24, 2.45) is 12.8 Å². The summed E-state index contributed by atoms with van der Waals surface area (Å²) >= 11 is 0. The number of nitrogens with zero attached hydrogens (tertiary/aromatic N) is 5. The van der Waals surface area contributed by atoms with E-state index < -0.39 is 0 Å². The van der Waals surface area contributed by atoms with Crippen LogP contribution in [0.15, 0.2) is 24.3 Å². The second-order valence-corrected chi connectivity index (χ2v) is 3.92. The van der Waals surface area contributed by atoms with Gasteiger partial charge in [0.1, 0.15) is 0 Å². The second kappa shape index (κ2) is 4.92. The lowest BCUT2D eigenvalue weighted by atomic mass is 10.2. The predicted molar refractivity (Wildman–Crippen MR) is 65.2 cm³/mol. The van der Waals surface area contributed by atoms with Crippen molar-refractivity contribution in [3.8, 4) is 0 Å². The number of nitrogens with two attached hydrogens (primary N) is 1. The summed E-state index contributed by atoms with van der Waals surface area (Å²) in [7, 11) is 3.75. The molecule has 0 amide bonds. The maximum Gasteiger partial charge on any atom is 0.193 e. The number of benzene rings is 1. The Bertz CT molecular complexity index is 475. The normalized spacial score (nSPS) is 10.5. The Morgan fingerprint density at radius 1 is 1.29 bits per heavy atom. The fourth-order valence-electron chi connectivity index (χ4n) is 1.58. The van der Waals surface area contributed by atoms with Gasteiger partial charge in [0.2, 0.25) is 0 Å². The van der Waals surface area contributed by atoms with Crippen molar-refractivity contribution in [1.82, 2.24) is 20.2 Å². The molecule has 1 aromatic heterocycles. The van der Waals surface area contributed by atoms with Crippen molar-refractivity contribution in [3.05, 3.63) is 35.7 Å². The molecular formula is C11H16N6. The van der Waals surface area contributed by atoms with Gasteiger partial charge in [0.05, 0.1) is 13.6 Å². The zero-order chi connectivity index (χ0) is 12.3. The first kappa shape index (κ1) is 11.5. The van der Waals surface area contributed by atoms with Crippen LogP contribution >= 0.6 is 0 Å². The minimum Gasteiger partial charge on any atom is -0.367 e. The lowest BCUT2D eigenvalue weighted by Gasteiger charge is -2.17. The average Bonchev–Trinajstić information content (AvgIpc) is 2.75. The van der Waals surface area contributed by atoms with Gasteiger partial charge in [-0.15, -0.1) is 10.2 Å². The number of hydrogen-bond donors (Lipinski definition) is 1. The summed E-state index contributed by atoms with van der Waals surface area (Å²) in [6, 6.07) is 8.13. The molecule has 0 radical (unpaired) electrons. The average molecular weight is 232 g/mol. The van der Waals surface area contributed by atoms with Crippen LogP contribution < -0.4 is 10.6 Å². The highest BCUT2D eigenvalue weighted by Crippen LogP contribution is 2.14. The molecule has 0 atom stereocenters. The number of tetrazole rings is 1.